The van der Waals surface area contributed by atoms with Crippen LogP contribution in [0.15, 0.2) is 52.9 Å². The first-order chi connectivity index (χ1) is 9.69. The van der Waals surface area contributed by atoms with Gasteiger partial charge in [-0.3, -0.25) is 0 Å². The fourth-order valence-corrected chi connectivity index (χ4v) is 2.15. The molecule has 2 aromatic carbocycles. The molecule has 0 fully saturated rings. The quantitative estimate of drug-likeness (QED) is 0.784. The van der Waals surface area contributed by atoms with E-state index in [1.54, 1.807) is 13.2 Å². The molecule has 1 aromatic heterocycles. The van der Waals surface area contributed by atoms with E-state index in [1.165, 1.54) is 6.07 Å². The number of ether oxygens (including phenoxy) is 1. The second-order valence-electron chi connectivity index (χ2n) is 4.37. The van der Waals surface area contributed by atoms with E-state index in [0.29, 0.717) is 11.3 Å². The lowest BCUT2D eigenvalue weighted by Gasteiger charge is -2.01. The number of carboxylic acids is 1. The summed E-state index contributed by atoms with van der Waals surface area (Å²) in [5, 5.41) is 9.93. The van der Waals surface area contributed by atoms with Crippen LogP contribution in [-0.4, -0.2) is 18.2 Å². The number of carbonyl (C=O) groups is 1. The van der Waals surface area contributed by atoms with Crippen LogP contribution >= 0.6 is 0 Å². The minimum absolute atomic E-state index is 0.164. The number of benzene rings is 2. The monoisotopic (exact) mass is 268 g/mol. The Morgan fingerprint density at radius 3 is 2.70 bits per heavy atom. The third kappa shape index (κ3) is 2.01. The molecule has 4 nitrogen and oxygen atoms in total. The summed E-state index contributed by atoms with van der Waals surface area (Å²) in [4.78, 5) is 11.2. The van der Waals surface area contributed by atoms with Gasteiger partial charge in [0.25, 0.3) is 0 Å². The van der Waals surface area contributed by atoms with Gasteiger partial charge in [-0.05, 0) is 24.3 Å². The van der Waals surface area contributed by atoms with Crippen LogP contribution in [0.4, 0.5) is 0 Å². The molecule has 0 aliphatic carbocycles. The smallest absolute Gasteiger partial charge is 0.339 e. The number of fused-ring (bicyclic) bond motifs is 1. The molecule has 3 rings (SSSR count). The van der Waals surface area contributed by atoms with E-state index in [0.717, 1.165) is 16.7 Å². The average molecular weight is 268 g/mol. The third-order valence-electron chi connectivity index (χ3n) is 3.13. The molecule has 0 aliphatic rings. The van der Waals surface area contributed by atoms with Crippen molar-refractivity contribution in [3.63, 3.8) is 0 Å². The van der Waals surface area contributed by atoms with E-state index < -0.39 is 5.97 Å². The molecule has 0 saturated heterocycles. The minimum Gasteiger partial charge on any atom is -0.497 e. The normalized spacial score (nSPS) is 10.7. The van der Waals surface area contributed by atoms with Gasteiger partial charge >= 0.3 is 5.97 Å². The van der Waals surface area contributed by atoms with Gasteiger partial charge in [-0.25, -0.2) is 4.79 Å². The Morgan fingerprint density at radius 1 is 1.15 bits per heavy atom. The highest BCUT2D eigenvalue weighted by Crippen LogP contribution is 2.31. The topological polar surface area (TPSA) is 59.7 Å². The standard InChI is InChI=1S/C16H12O4/c1-19-12-6-2-4-10(8-12)14-9-11-5-3-7-13(16(17)18)15(11)20-14/h2-9H,1H3,(H,17,18). The van der Waals surface area contributed by atoms with E-state index in [-0.39, 0.29) is 5.56 Å². The van der Waals surface area contributed by atoms with Crippen LogP contribution in [0.5, 0.6) is 5.75 Å². The highest BCUT2D eigenvalue weighted by molar-refractivity contribution is 6.02. The fraction of sp³-hybridized carbons (Fsp3) is 0.0625. The molecule has 0 bridgehead atoms. The first kappa shape index (κ1) is 12.3. The van der Waals surface area contributed by atoms with Gasteiger partial charge in [0.2, 0.25) is 0 Å². The van der Waals surface area contributed by atoms with E-state index in [1.807, 2.05) is 36.4 Å². The summed E-state index contributed by atoms with van der Waals surface area (Å²) < 4.78 is 10.9. The van der Waals surface area contributed by atoms with Crippen LogP contribution in [0.3, 0.4) is 0 Å². The van der Waals surface area contributed by atoms with Crippen LogP contribution < -0.4 is 4.74 Å². The number of furan rings is 1. The van der Waals surface area contributed by atoms with Crippen molar-refractivity contribution in [3.05, 3.63) is 54.1 Å². The molecule has 20 heavy (non-hydrogen) atoms. The summed E-state index contributed by atoms with van der Waals surface area (Å²) >= 11 is 0. The number of methoxy groups -OCH3 is 1. The average Bonchev–Trinajstić information content (AvgIpc) is 2.91. The molecule has 0 saturated carbocycles. The van der Waals surface area contributed by atoms with Gasteiger partial charge in [0.15, 0.2) is 0 Å². The molecule has 1 heterocycles. The van der Waals surface area contributed by atoms with Crippen LogP contribution in [0.2, 0.25) is 0 Å². The summed E-state index contributed by atoms with van der Waals surface area (Å²) in [5.74, 6) is 0.344. The van der Waals surface area contributed by atoms with Crippen molar-refractivity contribution in [3.8, 4) is 17.1 Å². The molecule has 4 heteroatoms. The molecular formula is C16H12O4. The molecule has 0 atom stereocenters. The van der Waals surface area contributed by atoms with Crippen molar-refractivity contribution in [2.75, 3.05) is 7.11 Å². The van der Waals surface area contributed by atoms with Crippen molar-refractivity contribution in [2.45, 2.75) is 0 Å². The maximum absolute atomic E-state index is 11.2. The summed E-state index contributed by atoms with van der Waals surface area (Å²) in [6, 6.07) is 14.3. The predicted octanol–water partition coefficient (Wildman–Crippen LogP) is 3.81. The summed E-state index contributed by atoms with van der Waals surface area (Å²) in [6.07, 6.45) is 0. The van der Waals surface area contributed by atoms with Gasteiger partial charge < -0.3 is 14.3 Å². The number of rotatable bonds is 3. The fourth-order valence-electron chi connectivity index (χ4n) is 2.15. The van der Waals surface area contributed by atoms with E-state index in [4.69, 9.17) is 14.3 Å². The van der Waals surface area contributed by atoms with Crippen molar-refractivity contribution in [1.82, 2.24) is 0 Å². The molecular weight excluding hydrogens is 256 g/mol. The second kappa shape index (κ2) is 4.74. The maximum atomic E-state index is 11.2. The van der Waals surface area contributed by atoms with E-state index in [9.17, 15) is 4.79 Å². The third-order valence-corrected chi connectivity index (χ3v) is 3.13. The number of para-hydroxylation sites is 1. The molecule has 1 N–H and O–H groups in total. The molecule has 0 radical (unpaired) electrons. The van der Waals surface area contributed by atoms with Gasteiger partial charge in [0.05, 0.1) is 7.11 Å². The van der Waals surface area contributed by atoms with Crippen LogP contribution in [-0.2, 0) is 0 Å². The molecule has 0 amide bonds. The van der Waals surface area contributed by atoms with Crippen molar-refractivity contribution in [1.29, 1.82) is 0 Å². The van der Waals surface area contributed by atoms with Crippen molar-refractivity contribution in [2.24, 2.45) is 0 Å². The lowest BCUT2D eigenvalue weighted by molar-refractivity contribution is 0.0698. The minimum atomic E-state index is -0.998. The van der Waals surface area contributed by atoms with Gasteiger partial charge in [-0.2, -0.15) is 0 Å². The zero-order chi connectivity index (χ0) is 14.1. The Labute approximate surface area is 115 Å². The van der Waals surface area contributed by atoms with Crippen molar-refractivity contribution >= 4 is 16.9 Å². The Bertz CT molecular complexity index is 786. The first-order valence-corrected chi connectivity index (χ1v) is 6.09. The number of hydrogen-bond acceptors (Lipinski definition) is 3. The molecule has 0 spiro atoms. The lowest BCUT2D eigenvalue weighted by Crippen LogP contribution is -1.95. The summed E-state index contributed by atoms with van der Waals surface area (Å²) in [7, 11) is 1.60. The maximum Gasteiger partial charge on any atom is 0.339 e. The highest BCUT2D eigenvalue weighted by Gasteiger charge is 2.14. The van der Waals surface area contributed by atoms with Gasteiger partial charge in [-0.1, -0.05) is 24.3 Å². The second-order valence-corrected chi connectivity index (χ2v) is 4.37. The van der Waals surface area contributed by atoms with Crippen molar-refractivity contribution < 1.29 is 19.1 Å². The first-order valence-electron chi connectivity index (χ1n) is 6.09. The van der Waals surface area contributed by atoms with Gasteiger partial charge in [-0.15, -0.1) is 0 Å². The molecule has 0 unspecified atom stereocenters. The number of carboxylic acid groups (broad SMARTS) is 1. The van der Waals surface area contributed by atoms with Crippen LogP contribution in [0, 0.1) is 0 Å². The molecule has 100 valence electrons. The van der Waals surface area contributed by atoms with E-state index in [2.05, 4.69) is 0 Å². The Morgan fingerprint density at radius 2 is 1.95 bits per heavy atom. The molecule has 3 aromatic rings. The highest BCUT2D eigenvalue weighted by atomic mass is 16.5. The van der Waals surface area contributed by atoms with E-state index >= 15 is 0 Å². The Balaban J connectivity index is 2.17. The number of hydrogen-bond donors (Lipinski definition) is 1. The largest absolute Gasteiger partial charge is 0.497 e. The lowest BCUT2D eigenvalue weighted by atomic mass is 10.1. The van der Waals surface area contributed by atoms with Gasteiger partial charge in [0, 0.05) is 10.9 Å². The summed E-state index contributed by atoms with van der Waals surface area (Å²) in [6.45, 7) is 0. The Kier molecular flexibility index (Phi) is 2.91. The summed E-state index contributed by atoms with van der Waals surface area (Å²) in [5.41, 5.74) is 1.39. The van der Waals surface area contributed by atoms with Crippen LogP contribution in [0.1, 0.15) is 10.4 Å². The van der Waals surface area contributed by atoms with Crippen LogP contribution in [0.25, 0.3) is 22.3 Å². The zero-order valence-corrected chi connectivity index (χ0v) is 10.8. The Hall–Kier alpha value is -2.75. The predicted molar refractivity (Wildman–Crippen MR) is 75.2 cm³/mol. The van der Waals surface area contributed by atoms with Gasteiger partial charge in [0.1, 0.15) is 22.7 Å². The zero-order valence-electron chi connectivity index (χ0n) is 10.8. The molecule has 0 aliphatic heterocycles. The number of aromatic carboxylic acids is 1. The SMILES string of the molecule is COc1cccc(-c2cc3cccc(C(=O)O)c3o2)c1.